The zero-order valence-electron chi connectivity index (χ0n) is 26.4. The predicted molar refractivity (Wildman–Crippen MR) is 175 cm³/mol. The van der Waals surface area contributed by atoms with E-state index in [1.54, 1.807) is 12.1 Å². The summed E-state index contributed by atoms with van der Waals surface area (Å²) in [7, 11) is 0. The van der Waals surface area contributed by atoms with Crippen LogP contribution in [0.5, 0.6) is 11.5 Å². The van der Waals surface area contributed by atoms with Crippen LogP contribution in [0.4, 0.5) is 4.39 Å². The molecule has 0 unspecified atom stereocenters. The molecule has 5 heteroatoms. The van der Waals surface area contributed by atoms with E-state index >= 15 is 0 Å². The zero-order valence-corrected chi connectivity index (χ0v) is 26.4. The molecule has 0 saturated heterocycles. The number of Topliss-reactive ketones (excluding diaryl/α,β-unsaturated/α-hetero) is 1. The number of benzene rings is 3. The molecule has 0 aliphatic rings. The Morgan fingerprint density at radius 2 is 1.16 bits per heavy atom. The van der Waals surface area contributed by atoms with Gasteiger partial charge in [0.15, 0.2) is 17.3 Å². The first-order chi connectivity index (χ1) is 21.0. The Balaban J connectivity index is 1.43. The molecule has 0 aliphatic carbocycles. The number of hydrogen-bond acceptors (Lipinski definition) is 4. The largest absolute Gasteiger partial charge is 0.491 e. The monoisotopic (exact) mass is 590 g/mol. The van der Waals surface area contributed by atoms with Crippen molar-refractivity contribution < 1.29 is 23.5 Å². The number of ketones is 1. The fourth-order valence-corrected chi connectivity index (χ4v) is 5.35. The number of unbranched alkanes of at least 4 members (excludes halogenated alkanes) is 14. The summed E-state index contributed by atoms with van der Waals surface area (Å²) >= 11 is 0. The Kier molecular flexibility index (Phi) is 15.8. The van der Waals surface area contributed by atoms with Gasteiger partial charge in [-0.05, 0) is 60.0 Å². The molecule has 4 nitrogen and oxygen atoms in total. The lowest BCUT2D eigenvalue weighted by atomic mass is 10.00. The molecule has 0 N–H and O–H groups in total. The first-order valence-electron chi connectivity index (χ1n) is 16.7. The van der Waals surface area contributed by atoms with Crippen molar-refractivity contribution in [2.45, 2.75) is 123 Å². The lowest BCUT2D eigenvalue weighted by Gasteiger charge is -2.10. The van der Waals surface area contributed by atoms with Crippen LogP contribution in [0.2, 0.25) is 0 Å². The zero-order chi connectivity index (χ0) is 30.7. The summed E-state index contributed by atoms with van der Waals surface area (Å²) in [5, 5.41) is 1.77. The lowest BCUT2D eigenvalue weighted by Crippen LogP contribution is -2.09. The summed E-state index contributed by atoms with van der Waals surface area (Å²) < 4.78 is 25.8. The summed E-state index contributed by atoms with van der Waals surface area (Å²) in [6, 6.07) is 15.1. The van der Waals surface area contributed by atoms with Crippen LogP contribution in [-0.4, -0.2) is 18.4 Å². The Morgan fingerprint density at radius 1 is 0.605 bits per heavy atom. The van der Waals surface area contributed by atoms with E-state index in [4.69, 9.17) is 9.47 Å². The summed E-state index contributed by atoms with van der Waals surface area (Å²) in [6.07, 6.45) is 19.7. The van der Waals surface area contributed by atoms with Crippen LogP contribution >= 0.6 is 0 Å². The maximum Gasteiger partial charge on any atom is 0.343 e. The van der Waals surface area contributed by atoms with Crippen molar-refractivity contribution in [2.24, 2.45) is 0 Å². The molecule has 0 saturated carbocycles. The van der Waals surface area contributed by atoms with Gasteiger partial charge >= 0.3 is 5.97 Å². The molecule has 0 spiro atoms. The number of hydrogen-bond donors (Lipinski definition) is 0. The Morgan fingerprint density at radius 3 is 1.81 bits per heavy atom. The van der Waals surface area contributed by atoms with Gasteiger partial charge in [0, 0.05) is 12.0 Å². The van der Waals surface area contributed by atoms with Gasteiger partial charge in [0.05, 0.1) is 12.2 Å². The van der Waals surface area contributed by atoms with Crippen molar-refractivity contribution in [1.82, 2.24) is 0 Å². The molecule has 43 heavy (non-hydrogen) atoms. The van der Waals surface area contributed by atoms with Crippen molar-refractivity contribution in [3.8, 4) is 11.5 Å². The van der Waals surface area contributed by atoms with E-state index in [1.165, 1.54) is 89.2 Å². The van der Waals surface area contributed by atoms with Crippen molar-refractivity contribution in [1.29, 1.82) is 0 Å². The highest BCUT2D eigenvalue weighted by molar-refractivity contribution is 6.00. The quantitative estimate of drug-likeness (QED) is 0.0505. The van der Waals surface area contributed by atoms with E-state index < -0.39 is 11.8 Å². The van der Waals surface area contributed by atoms with E-state index in [0.717, 1.165) is 42.5 Å². The molecule has 0 aromatic heterocycles. The normalized spacial score (nSPS) is 11.1. The van der Waals surface area contributed by atoms with Gasteiger partial charge < -0.3 is 9.47 Å². The maximum atomic E-state index is 14.6. The average molecular weight is 591 g/mol. The van der Waals surface area contributed by atoms with E-state index in [2.05, 4.69) is 13.8 Å². The van der Waals surface area contributed by atoms with E-state index in [9.17, 15) is 14.0 Å². The minimum absolute atomic E-state index is 0.124. The predicted octanol–water partition coefficient (Wildman–Crippen LogP) is 11.4. The topological polar surface area (TPSA) is 52.6 Å². The van der Waals surface area contributed by atoms with Crippen molar-refractivity contribution >= 4 is 22.5 Å². The number of esters is 1. The maximum absolute atomic E-state index is 14.6. The SMILES string of the molecule is CCCCCCCCCCOc1ccc(C(=O)Oc2ccc3cc(C(=O)CCCCCCCCCC)ccc3c2)cc1F. The first kappa shape index (κ1) is 34.3. The second-order valence-electron chi connectivity index (χ2n) is 11.7. The van der Waals surface area contributed by atoms with Gasteiger partial charge in [-0.25, -0.2) is 9.18 Å². The van der Waals surface area contributed by atoms with Gasteiger partial charge in [-0.2, -0.15) is 0 Å². The summed E-state index contributed by atoms with van der Waals surface area (Å²) in [5.74, 6) is -0.527. The average Bonchev–Trinajstić information content (AvgIpc) is 3.01. The third-order valence-corrected chi connectivity index (χ3v) is 8.02. The van der Waals surface area contributed by atoms with Crippen LogP contribution in [0.1, 0.15) is 144 Å². The molecule has 0 aliphatic heterocycles. The lowest BCUT2D eigenvalue weighted by molar-refractivity contribution is 0.0734. The third-order valence-electron chi connectivity index (χ3n) is 8.02. The second kappa shape index (κ2) is 19.9. The van der Waals surface area contributed by atoms with Crippen molar-refractivity contribution in [3.63, 3.8) is 0 Å². The number of ether oxygens (including phenoxy) is 2. The van der Waals surface area contributed by atoms with E-state index in [0.29, 0.717) is 24.3 Å². The van der Waals surface area contributed by atoms with Gasteiger partial charge in [-0.1, -0.05) is 122 Å². The number of fused-ring (bicyclic) bond motifs is 1. The van der Waals surface area contributed by atoms with Gasteiger partial charge in [0.2, 0.25) is 0 Å². The molecule has 234 valence electrons. The molecule has 3 aromatic carbocycles. The molecule has 0 fully saturated rings. The number of halogens is 1. The van der Waals surface area contributed by atoms with Crippen molar-refractivity contribution in [2.75, 3.05) is 6.61 Å². The first-order valence-corrected chi connectivity index (χ1v) is 16.7. The smallest absolute Gasteiger partial charge is 0.343 e. The number of rotatable bonds is 22. The van der Waals surface area contributed by atoms with Gasteiger partial charge in [-0.15, -0.1) is 0 Å². The fraction of sp³-hybridized carbons (Fsp3) is 0.526. The van der Waals surface area contributed by atoms with Crippen molar-refractivity contribution in [3.05, 3.63) is 71.5 Å². The number of carbonyl (C=O) groups is 2. The second-order valence-corrected chi connectivity index (χ2v) is 11.7. The highest BCUT2D eigenvalue weighted by Gasteiger charge is 2.14. The molecular weight excluding hydrogens is 539 g/mol. The van der Waals surface area contributed by atoms with Crippen LogP contribution < -0.4 is 9.47 Å². The summed E-state index contributed by atoms with van der Waals surface area (Å²) in [6.45, 7) is 4.90. The summed E-state index contributed by atoms with van der Waals surface area (Å²) in [4.78, 5) is 25.4. The van der Waals surface area contributed by atoms with Gasteiger partial charge in [-0.3, -0.25) is 4.79 Å². The standard InChI is InChI=1S/C38H51FO4/c1-3-5-7-9-11-13-15-17-19-36(40)32-21-20-31-28-34(24-22-30(31)27-32)43-38(41)33-23-25-37(35(39)29-33)42-26-18-16-14-12-10-8-6-4-2/h20-25,27-29H,3-19,26H2,1-2H3. The van der Waals surface area contributed by atoms with Gasteiger partial charge in [0.1, 0.15) is 5.75 Å². The van der Waals surface area contributed by atoms with Crippen LogP contribution in [0.25, 0.3) is 10.8 Å². The molecule has 0 radical (unpaired) electrons. The highest BCUT2D eigenvalue weighted by atomic mass is 19.1. The molecular formula is C38H51FO4. The molecule has 3 aromatic rings. The molecule has 0 atom stereocenters. The fourth-order valence-electron chi connectivity index (χ4n) is 5.35. The van der Waals surface area contributed by atoms with Crippen LogP contribution in [0, 0.1) is 5.82 Å². The Bertz CT molecular complexity index is 1270. The van der Waals surface area contributed by atoms with Gasteiger partial charge in [0.25, 0.3) is 0 Å². The van der Waals surface area contributed by atoms with E-state index in [1.807, 2.05) is 24.3 Å². The molecule has 0 amide bonds. The molecule has 0 bridgehead atoms. The minimum atomic E-state index is -0.634. The Labute approximate surface area is 258 Å². The highest BCUT2D eigenvalue weighted by Crippen LogP contribution is 2.25. The molecule has 0 heterocycles. The molecule has 3 rings (SSSR count). The summed E-state index contributed by atoms with van der Waals surface area (Å²) in [5.41, 5.74) is 0.833. The Hall–Kier alpha value is -3.21. The van der Waals surface area contributed by atoms with E-state index in [-0.39, 0.29) is 17.1 Å². The minimum Gasteiger partial charge on any atom is -0.491 e. The third kappa shape index (κ3) is 12.5. The number of carbonyl (C=O) groups excluding carboxylic acids is 2. The van der Waals surface area contributed by atoms with Crippen LogP contribution in [0.15, 0.2) is 54.6 Å². The van der Waals surface area contributed by atoms with Crippen LogP contribution in [-0.2, 0) is 0 Å². The van der Waals surface area contributed by atoms with Crippen LogP contribution in [0.3, 0.4) is 0 Å².